The molecule has 2 N–H and O–H groups in total. The highest BCUT2D eigenvalue weighted by Gasteiger charge is 2.23. The maximum Gasteiger partial charge on any atom is 0.289 e. The smallest absolute Gasteiger partial charge is 0.289 e. The van der Waals surface area contributed by atoms with Crippen molar-refractivity contribution >= 4 is 34.6 Å². The van der Waals surface area contributed by atoms with E-state index in [9.17, 15) is 9.90 Å². The van der Waals surface area contributed by atoms with Crippen molar-refractivity contribution in [3.63, 3.8) is 0 Å². The molecule has 2 aromatic carbocycles. The van der Waals surface area contributed by atoms with Gasteiger partial charge in [-0.15, -0.1) is 0 Å². The summed E-state index contributed by atoms with van der Waals surface area (Å²) in [6.45, 7) is 1.99. The van der Waals surface area contributed by atoms with Gasteiger partial charge in [-0.1, -0.05) is 30.3 Å². The fourth-order valence-electron chi connectivity index (χ4n) is 2.09. The molecule has 1 saturated heterocycles. The Kier molecular flexibility index (Phi) is 3.98. The predicted octanol–water partition coefficient (Wildman–Crippen LogP) is 4.23. The fraction of sp³-hybridized carbons (Fsp3) is 0.0588. The molecule has 22 heavy (non-hydrogen) atoms. The summed E-state index contributed by atoms with van der Waals surface area (Å²) in [6, 6.07) is 14.7. The molecule has 5 heteroatoms. The van der Waals surface area contributed by atoms with Crippen molar-refractivity contribution in [2.24, 2.45) is 4.99 Å². The van der Waals surface area contributed by atoms with Crippen LogP contribution in [-0.2, 0) is 0 Å². The van der Waals surface area contributed by atoms with E-state index in [1.165, 1.54) is 0 Å². The Morgan fingerprint density at radius 3 is 2.77 bits per heavy atom. The van der Waals surface area contributed by atoms with Gasteiger partial charge >= 0.3 is 0 Å². The Hall–Kier alpha value is -2.53. The number of hydrogen-bond donors (Lipinski definition) is 2. The molecule has 1 fully saturated rings. The number of amides is 1. The van der Waals surface area contributed by atoms with Gasteiger partial charge < -0.3 is 10.4 Å². The molecule has 0 aromatic heterocycles. The van der Waals surface area contributed by atoms with E-state index in [0.29, 0.717) is 16.3 Å². The maximum absolute atomic E-state index is 11.7. The second-order valence-electron chi connectivity index (χ2n) is 4.88. The van der Waals surface area contributed by atoms with Crippen LogP contribution in [0.1, 0.15) is 11.1 Å². The van der Waals surface area contributed by atoms with E-state index in [0.717, 1.165) is 23.0 Å². The normalized spacial score (nSPS) is 18.0. The summed E-state index contributed by atoms with van der Waals surface area (Å²) in [5, 5.41) is 12.4. The third-order valence-corrected chi connectivity index (χ3v) is 3.94. The first-order valence-corrected chi connectivity index (χ1v) is 7.58. The molecule has 2 aromatic rings. The van der Waals surface area contributed by atoms with Crippen LogP contribution in [0.5, 0.6) is 5.75 Å². The van der Waals surface area contributed by atoms with Crippen molar-refractivity contribution in [3.05, 3.63) is 64.6 Å². The summed E-state index contributed by atoms with van der Waals surface area (Å²) < 4.78 is 0. The summed E-state index contributed by atoms with van der Waals surface area (Å²) in [5.41, 5.74) is 2.53. The van der Waals surface area contributed by atoms with Gasteiger partial charge in [0.25, 0.3) is 5.24 Å². The molecule has 1 amide bonds. The third-order valence-electron chi connectivity index (χ3n) is 3.12. The minimum absolute atomic E-state index is 0.171. The number of amidine groups is 1. The highest BCUT2D eigenvalue weighted by molar-refractivity contribution is 8.18. The number of nitrogens with one attached hydrogen (secondary N) is 1. The van der Waals surface area contributed by atoms with Gasteiger partial charge in [0.05, 0.1) is 10.6 Å². The lowest BCUT2D eigenvalue weighted by Gasteiger charge is -2.02. The highest BCUT2D eigenvalue weighted by atomic mass is 32.2. The van der Waals surface area contributed by atoms with E-state index >= 15 is 0 Å². The zero-order valence-electron chi connectivity index (χ0n) is 11.9. The van der Waals surface area contributed by atoms with Gasteiger partial charge in [-0.25, -0.2) is 4.99 Å². The third kappa shape index (κ3) is 3.20. The lowest BCUT2D eigenvalue weighted by molar-refractivity contribution is 0.265. The number of para-hydroxylation sites is 1. The quantitative estimate of drug-likeness (QED) is 0.872. The molecule has 0 spiro atoms. The van der Waals surface area contributed by atoms with E-state index < -0.39 is 0 Å². The van der Waals surface area contributed by atoms with E-state index in [-0.39, 0.29) is 11.0 Å². The van der Waals surface area contributed by atoms with Crippen LogP contribution in [0, 0.1) is 6.92 Å². The summed E-state index contributed by atoms with van der Waals surface area (Å²) in [4.78, 5) is 16.8. The number of phenolic OH excluding ortho intramolecular Hbond substituents is 1. The van der Waals surface area contributed by atoms with Gasteiger partial charge in [0.1, 0.15) is 11.6 Å². The average molecular weight is 310 g/mol. The maximum atomic E-state index is 11.7. The first-order valence-electron chi connectivity index (χ1n) is 6.76. The lowest BCUT2D eigenvalue weighted by Crippen LogP contribution is -2.18. The topological polar surface area (TPSA) is 61.7 Å². The van der Waals surface area contributed by atoms with E-state index in [2.05, 4.69) is 10.3 Å². The largest absolute Gasteiger partial charge is 0.507 e. The molecule has 4 nitrogen and oxygen atoms in total. The molecule has 0 atom stereocenters. The summed E-state index contributed by atoms with van der Waals surface area (Å²) >= 11 is 1.07. The van der Waals surface area contributed by atoms with Crippen molar-refractivity contribution in [2.45, 2.75) is 6.92 Å². The second kappa shape index (κ2) is 6.07. The molecule has 0 bridgehead atoms. The first-order chi connectivity index (χ1) is 10.6. The Balaban J connectivity index is 1.99. The van der Waals surface area contributed by atoms with Crippen LogP contribution in [-0.4, -0.2) is 16.2 Å². The van der Waals surface area contributed by atoms with E-state index in [1.54, 1.807) is 24.3 Å². The summed E-state index contributed by atoms with van der Waals surface area (Å²) in [7, 11) is 0. The molecule has 3 rings (SSSR count). The first kappa shape index (κ1) is 14.4. The van der Waals surface area contributed by atoms with Gasteiger partial charge in [0.15, 0.2) is 0 Å². The van der Waals surface area contributed by atoms with Crippen LogP contribution >= 0.6 is 11.8 Å². The Morgan fingerprint density at radius 1 is 1.18 bits per heavy atom. The van der Waals surface area contributed by atoms with Crippen LogP contribution in [0.4, 0.5) is 10.5 Å². The van der Waals surface area contributed by atoms with Gasteiger partial charge in [-0.05, 0) is 48.5 Å². The number of aromatic hydroxyl groups is 1. The van der Waals surface area contributed by atoms with Crippen molar-refractivity contribution in [2.75, 3.05) is 0 Å². The Bertz CT molecular complexity index is 797. The van der Waals surface area contributed by atoms with Gasteiger partial charge in [0.2, 0.25) is 0 Å². The molecule has 0 unspecified atom stereocenters. The number of aliphatic imine (C=N–C) groups is 1. The van der Waals surface area contributed by atoms with Crippen molar-refractivity contribution < 1.29 is 9.90 Å². The SMILES string of the molecule is Cc1cccc(N=C2NC(=O)S/C2=C\c2ccccc2O)c1. The summed E-state index contributed by atoms with van der Waals surface area (Å²) in [6.07, 6.45) is 1.76. The zero-order chi connectivity index (χ0) is 15.5. The number of phenols is 1. The lowest BCUT2D eigenvalue weighted by atomic mass is 10.2. The monoisotopic (exact) mass is 310 g/mol. The minimum Gasteiger partial charge on any atom is -0.507 e. The number of carbonyl (C=O) groups excluding carboxylic acids is 1. The zero-order valence-corrected chi connectivity index (χ0v) is 12.7. The van der Waals surface area contributed by atoms with Crippen LogP contribution in [0.3, 0.4) is 0 Å². The van der Waals surface area contributed by atoms with Crippen molar-refractivity contribution in [3.8, 4) is 5.75 Å². The average Bonchev–Trinajstić information content (AvgIpc) is 2.81. The van der Waals surface area contributed by atoms with Gasteiger partial charge in [-0.3, -0.25) is 4.79 Å². The molecule has 1 heterocycles. The predicted molar refractivity (Wildman–Crippen MR) is 90.5 cm³/mol. The Morgan fingerprint density at radius 2 is 2.00 bits per heavy atom. The highest BCUT2D eigenvalue weighted by Crippen LogP contribution is 2.30. The molecular formula is C17H14N2O2S. The van der Waals surface area contributed by atoms with Crippen LogP contribution in [0.25, 0.3) is 6.08 Å². The summed E-state index contributed by atoms with van der Waals surface area (Å²) in [5.74, 6) is 0.675. The van der Waals surface area contributed by atoms with Crippen molar-refractivity contribution in [1.82, 2.24) is 5.32 Å². The molecule has 0 aliphatic carbocycles. The Labute approximate surface area is 132 Å². The number of benzene rings is 2. The van der Waals surface area contributed by atoms with Crippen LogP contribution in [0.15, 0.2) is 58.4 Å². The van der Waals surface area contributed by atoms with Crippen LogP contribution < -0.4 is 5.32 Å². The second-order valence-corrected chi connectivity index (χ2v) is 5.90. The molecule has 1 aliphatic rings. The van der Waals surface area contributed by atoms with Crippen molar-refractivity contribution in [1.29, 1.82) is 0 Å². The number of nitrogens with zero attached hydrogens (tertiary/aromatic N) is 1. The number of rotatable bonds is 2. The molecule has 0 radical (unpaired) electrons. The number of aryl methyl sites for hydroxylation is 1. The molecule has 0 saturated carbocycles. The molecule has 1 aliphatic heterocycles. The fourth-order valence-corrected chi connectivity index (χ4v) is 2.82. The number of thioether (sulfide) groups is 1. The number of carbonyl (C=O) groups is 1. The molecular weight excluding hydrogens is 296 g/mol. The standard InChI is InChI=1S/C17H14N2O2S/c1-11-5-4-7-13(9-11)18-16-15(22-17(21)19-16)10-12-6-2-3-8-14(12)20/h2-10,20H,1H3,(H,18,19,21)/b15-10-. The number of hydrogen-bond acceptors (Lipinski definition) is 4. The minimum atomic E-state index is -0.173. The van der Waals surface area contributed by atoms with E-state index in [4.69, 9.17) is 0 Å². The van der Waals surface area contributed by atoms with E-state index in [1.807, 2.05) is 37.3 Å². The van der Waals surface area contributed by atoms with Gasteiger partial charge in [0, 0.05) is 5.56 Å². The van der Waals surface area contributed by atoms with Crippen LogP contribution in [0.2, 0.25) is 0 Å². The molecule has 110 valence electrons. The van der Waals surface area contributed by atoms with Gasteiger partial charge in [-0.2, -0.15) is 0 Å².